The molecule has 94 valence electrons. The minimum atomic E-state index is 0.463. The van der Waals surface area contributed by atoms with Crippen LogP contribution in [0.1, 0.15) is 18.4 Å². The minimum absolute atomic E-state index is 0.463. The minimum Gasteiger partial charge on any atom is -0.398 e. The third-order valence-electron chi connectivity index (χ3n) is 3.59. The summed E-state index contributed by atoms with van der Waals surface area (Å²) in [7, 11) is 2.02. The smallest absolute Gasteiger partial charge is 0.0469 e. The van der Waals surface area contributed by atoms with Gasteiger partial charge in [0.2, 0.25) is 0 Å². The van der Waals surface area contributed by atoms with Gasteiger partial charge in [-0.05, 0) is 43.9 Å². The molecule has 1 atom stereocenters. The summed E-state index contributed by atoms with van der Waals surface area (Å²) in [6, 6.07) is 2.33. The predicted octanol–water partition coefficient (Wildman–Crippen LogP) is 1.22. The second kappa shape index (κ2) is 5.98. The first kappa shape index (κ1) is 12.3. The van der Waals surface area contributed by atoms with E-state index >= 15 is 0 Å². The summed E-state index contributed by atoms with van der Waals surface area (Å²) >= 11 is 0. The van der Waals surface area contributed by atoms with Gasteiger partial charge in [-0.25, -0.2) is 0 Å². The number of anilines is 1. The maximum absolute atomic E-state index is 5.96. The van der Waals surface area contributed by atoms with E-state index in [1.807, 2.05) is 19.3 Å². The van der Waals surface area contributed by atoms with Crippen LogP contribution in [0.4, 0.5) is 5.69 Å². The molecule has 0 saturated carbocycles. The van der Waals surface area contributed by atoms with E-state index in [1.165, 1.54) is 0 Å². The number of likely N-dealkylation sites (N-methyl/N-ethyl adjacent to an activating group) is 1. The lowest BCUT2D eigenvalue weighted by Crippen LogP contribution is -2.38. The topological polar surface area (TPSA) is 60.2 Å². The third-order valence-corrected chi connectivity index (χ3v) is 3.59. The number of hydrogen-bond donors (Lipinski definition) is 2. The van der Waals surface area contributed by atoms with Crippen molar-refractivity contribution in [2.75, 3.05) is 26.0 Å². The highest BCUT2D eigenvalue weighted by molar-refractivity contribution is 5.44. The first-order valence-electron chi connectivity index (χ1n) is 6.24. The van der Waals surface area contributed by atoms with Crippen LogP contribution in [-0.4, -0.2) is 31.3 Å². The van der Waals surface area contributed by atoms with Crippen LogP contribution in [0.5, 0.6) is 0 Å². The van der Waals surface area contributed by atoms with Gasteiger partial charge < -0.3 is 15.8 Å². The molecule has 2 heterocycles. The van der Waals surface area contributed by atoms with Gasteiger partial charge in [-0.1, -0.05) is 0 Å². The van der Waals surface area contributed by atoms with E-state index in [2.05, 4.69) is 10.3 Å². The molecule has 1 unspecified atom stereocenters. The molecule has 1 aromatic heterocycles. The standard InChI is InChI=1S/C13H21N3O/c1-15-13(10-3-6-17-7-4-10)8-11-9-16-5-2-12(11)14/h2,5,9-10,13,15H,3-4,6-8H2,1H3,(H2,14,16). The van der Waals surface area contributed by atoms with Crippen molar-refractivity contribution in [2.24, 2.45) is 5.92 Å². The molecule has 17 heavy (non-hydrogen) atoms. The molecule has 1 aliphatic rings. The largest absolute Gasteiger partial charge is 0.398 e. The van der Waals surface area contributed by atoms with E-state index in [4.69, 9.17) is 10.5 Å². The van der Waals surface area contributed by atoms with Crippen LogP contribution in [0.15, 0.2) is 18.5 Å². The summed E-state index contributed by atoms with van der Waals surface area (Å²) in [6.07, 6.45) is 6.82. The molecule has 4 nitrogen and oxygen atoms in total. The second-order valence-electron chi connectivity index (χ2n) is 4.62. The first-order valence-corrected chi connectivity index (χ1v) is 6.24. The lowest BCUT2D eigenvalue weighted by Gasteiger charge is -2.30. The van der Waals surface area contributed by atoms with Crippen LogP contribution < -0.4 is 11.1 Å². The van der Waals surface area contributed by atoms with Gasteiger partial charge >= 0.3 is 0 Å². The van der Waals surface area contributed by atoms with Crippen LogP contribution in [0.2, 0.25) is 0 Å². The zero-order valence-electron chi connectivity index (χ0n) is 10.4. The number of nitrogens with two attached hydrogens (primary N) is 1. The van der Waals surface area contributed by atoms with Crippen molar-refractivity contribution < 1.29 is 4.74 Å². The molecule has 0 radical (unpaired) electrons. The third kappa shape index (κ3) is 3.17. The number of pyridine rings is 1. The number of nitrogens with zero attached hydrogens (tertiary/aromatic N) is 1. The van der Waals surface area contributed by atoms with Crippen molar-refractivity contribution in [3.8, 4) is 0 Å². The zero-order valence-corrected chi connectivity index (χ0v) is 10.4. The quantitative estimate of drug-likeness (QED) is 0.824. The Morgan fingerprint density at radius 2 is 2.29 bits per heavy atom. The Kier molecular flexibility index (Phi) is 4.34. The summed E-state index contributed by atoms with van der Waals surface area (Å²) in [5, 5.41) is 3.41. The van der Waals surface area contributed by atoms with E-state index in [9.17, 15) is 0 Å². The van der Waals surface area contributed by atoms with E-state index < -0.39 is 0 Å². The fourth-order valence-corrected chi connectivity index (χ4v) is 2.47. The SMILES string of the molecule is CNC(Cc1cnccc1N)C1CCOCC1. The number of rotatable bonds is 4. The van der Waals surface area contributed by atoms with E-state index in [0.29, 0.717) is 12.0 Å². The van der Waals surface area contributed by atoms with Crippen LogP contribution in [0.25, 0.3) is 0 Å². The van der Waals surface area contributed by atoms with Gasteiger partial charge in [-0.2, -0.15) is 0 Å². The fourth-order valence-electron chi connectivity index (χ4n) is 2.47. The molecule has 4 heteroatoms. The highest BCUT2D eigenvalue weighted by Crippen LogP contribution is 2.22. The van der Waals surface area contributed by atoms with Crippen LogP contribution in [0.3, 0.4) is 0 Å². The monoisotopic (exact) mass is 235 g/mol. The Hall–Kier alpha value is -1.13. The highest BCUT2D eigenvalue weighted by atomic mass is 16.5. The van der Waals surface area contributed by atoms with Crippen molar-refractivity contribution >= 4 is 5.69 Å². The van der Waals surface area contributed by atoms with Crippen molar-refractivity contribution in [3.05, 3.63) is 24.0 Å². The van der Waals surface area contributed by atoms with Crippen molar-refractivity contribution in [1.29, 1.82) is 0 Å². The van der Waals surface area contributed by atoms with Crippen LogP contribution in [-0.2, 0) is 11.2 Å². The second-order valence-corrected chi connectivity index (χ2v) is 4.62. The lowest BCUT2D eigenvalue weighted by atomic mass is 9.88. The Bertz CT molecular complexity index is 350. The number of hydrogen-bond acceptors (Lipinski definition) is 4. The molecular formula is C13H21N3O. The van der Waals surface area contributed by atoms with Gasteiger partial charge in [0.1, 0.15) is 0 Å². The van der Waals surface area contributed by atoms with Gasteiger partial charge in [0.05, 0.1) is 0 Å². The Morgan fingerprint density at radius 1 is 1.53 bits per heavy atom. The first-order chi connectivity index (χ1) is 8.31. The van der Waals surface area contributed by atoms with Gasteiger partial charge in [-0.3, -0.25) is 4.98 Å². The number of aromatic nitrogens is 1. The number of nitrogen functional groups attached to an aromatic ring is 1. The molecular weight excluding hydrogens is 214 g/mol. The van der Waals surface area contributed by atoms with E-state index in [1.54, 1.807) is 6.20 Å². The molecule has 1 fully saturated rings. The highest BCUT2D eigenvalue weighted by Gasteiger charge is 2.23. The summed E-state index contributed by atoms with van der Waals surface area (Å²) in [5.74, 6) is 0.674. The number of ether oxygens (including phenoxy) is 1. The molecule has 1 aliphatic heterocycles. The van der Waals surface area contributed by atoms with Gasteiger partial charge in [0.25, 0.3) is 0 Å². The average molecular weight is 235 g/mol. The molecule has 0 amide bonds. The summed E-state index contributed by atoms with van der Waals surface area (Å²) in [4.78, 5) is 4.15. The molecule has 2 rings (SSSR count). The molecule has 0 aromatic carbocycles. The Labute approximate surface area is 103 Å². The van der Waals surface area contributed by atoms with Crippen molar-refractivity contribution in [3.63, 3.8) is 0 Å². The average Bonchev–Trinajstić information content (AvgIpc) is 2.39. The molecule has 1 saturated heterocycles. The van der Waals surface area contributed by atoms with Crippen LogP contribution >= 0.6 is 0 Å². The summed E-state index contributed by atoms with van der Waals surface area (Å²) < 4.78 is 5.40. The summed E-state index contributed by atoms with van der Waals surface area (Å²) in [6.45, 7) is 1.76. The molecule has 0 aliphatic carbocycles. The van der Waals surface area contributed by atoms with Crippen molar-refractivity contribution in [2.45, 2.75) is 25.3 Å². The lowest BCUT2D eigenvalue weighted by molar-refractivity contribution is 0.0548. The Morgan fingerprint density at radius 3 is 2.94 bits per heavy atom. The van der Waals surface area contributed by atoms with Gasteiger partial charge in [0.15, 0.2) is 0 Å². The van der Waals surface area contributed by atoms with Crippen molar-refractivity contribution in [1.82, 2.24) is 10.3 Å². The van der Waals surface area contributed by atoms with Crippen LogP contribution in [0, 0.1) is 5.92 Å². The van der Waals surface area contributed by atoms with Gasteiger partial charge in [0, 0.05) is 37.3 Å². The van der Waals surface area contributed by atoms with E-state index in [-0.39, 0.29) is 0 Å². The number of nitrogens with one attached hydrogen (secondary N) is 1. The molecule has 3 N–H and O–H groups in total. The normalized spacial score (nSPS) is 19.1. The van der Waals surface area contributed by atoms with Gasteiger partial charge in [-0.15, -0.1) is 0 Å². The maximum Gasteiger partial charge on any atom is 0.0469 e. The fraction of sp³-hybridized carbons (Fsp3) is 0.615. The maximum atomic E-state index is 5.96. The zero-order chi connectivity index (χ0) is 12.1. The molecule has 0 spiro atoms. The molecule has 1 aromatic rings. The molecule has 0 bridgehead atoms. The van der Waals surface area contributed by atoms with E-state index in [0.717, 1.165) is 43.7 Å². The predicted molar refractivity (Wildman–Crippen MR) is 68.7 cm³/mol. The summed E-state index contributed by atoms with van der Waals surface area (Å²) in [5.41, 5.74) is 7.94. The Balaban J connectivity index is 2.01.